The molecule has 0 saturated carbocycles. The van der Waals surface area contributed by atoms with Crippen molar-refractivity contribution in [2.75, 3.05) is 24.4 Å². The highest BCUT2D eigenvalue weighted by Gasteiger charge is 2.17. The minimum Gasteiger partial charge on any atom is -0.484 e. The van der Waals surface area contributed by atoms with Gasteiger partial charge in [-0.2, -0.15) is 0 Å². The first-order chi connectivity index (χ1) is 13.5. The van der Waals surface area contributed by atoms with Gasteiger partial charge in [0.2, 0.25) is 0 Å². The van der Waals surface area contributed by atoms with Crippen LogP contribution in [0.4, 0.5) is 5.69 Å². The van der Waals surface area contributed by atoms with Crippen LogP contribution in [0.15, 0.2) is 53.4 Å². The van der Waals surface area contributed by atoms with Crippen molar-refractivity contribution in [2.24, 2.45) is 0 Å². The summed E-state index contributed by atoms with van der Waals surface area (Å²) in [7, 11) is -3.69. The third kappa shape index (κ3) is 5.25. The summed E-state index contributed by atoms with van der Waals surface area (Å²) in [6, 6.07) is 13.3. The van der Waals surface area contributed by atoms with Crippen LogP contribution in [-0.4, -0.2) is 38.9 Å². The Morgan fingerprint density at radius 3 is 2.29 bits per heavy atom. The van der Waals surface area contributed by atoms with E-state index >= 15 is 0 Å². The van der Waals surface area contributed by atoms with Crippen molar-refractivity contribution in [3.8, 4) is 5.75 Å². The zero-order valence-corrected chi connectivity index (χ0v) is 16.9. The molecule has 1 saturated heterocycles. The molecule has 0 spiro atoms. The Kier molecular flexibility index (Phi) is 6.57. The van der Waals surface area contributed by atoms with Crippen molar-refractivity contribution >= 4 is 21.6 Å². The maximum Gasteiger partial charge on any atom is 0.261 e. The van der Waals surface area contributed by atoms with Crippen LogP contribution < -0.4 is 9.46 Å². The van der Waals surface area contributed by atoms with E-state index in [1.807, 2.05) is 24.0 Å². The zero-order valence-electron chi connectivity index (χ0n) is 16.1. The molecule has 1 fully saturated rings. The zero-order chi connectivity index (χ0) is 20.0. The van der Waals surface area contributed by atoms with Crippen molar-refractivity contribution in [1.82, 2.24) is 4.90 Å². The SMILES string of the molecule is Cc1ccccc1NS(=O)(=O)c1ccc(OCC(=O)N2CCCCCC2)cc1. The average Bonchev–Trinajstić information content (AvgIpc) is 2.98. The van der Waals surface area contributed by atoms with Crippen LogP contribution in [0.3, 0.4) is 0 Å². The molecule has 0 unspecified atom stereocenters. The normalized spacial score (nSPS) is 15.0. The van der Waals surface area contributed by atoms with Gasteiger partial charge in [-0.25, -0.2) is 8.42 Å². The van der Waals surface area contributed by atoms with Gasteiger partial charge < -0.3 is 9.64 Å². The van der Waals surface area contributed by atoms with E-state index < -0.39 is 10.0 Å². The summed E-state index contributed by atoms with van der Waals surface area (Å²) in [5.74, 6) is 0.442. The molecular weight excluding hydrogens is 376 g/mol. The van der Waals surface area contributed by atoms with E-state index in [2.05, 4.69) is 4.72 Å². The summed E-state index contributed by atoms with van der Waals surface area (Å²) in [6.07, 6.45) is 4.40. The summed E-state index contributed by atoms with van der Waals surface area (Å²) in [5.41, 5.74) is 1.39. The van der Waals surface area contributed by atoms with E-state index in [1.165, 1.54) is 12.1 Å². The standard InChI is InChI=1S/C21H26N2O4S/c1-17-8-4-5-9-20(17)22-28(25,26)19-12-10-18(11-13-19)27-16-21(24)23-14-6-2-3-7-15-23/h4-5,8-13,22H,2-3,6-7,14-16H2,1H3. The lowest BCUT2D eigenvalue weighted by Gasteiger charge is -2.20. The summed E-state index contributed by atoms with van der Waals surface area (Å²) >= 11 is 0. The van der Waals surface area contributed by atoms with Crippen molar-refractivity contribution in [2.45, 2.75) is 37.5 Å². The van der Waals surface area contributed by atoms with Gasteiger partial charge in [-0.05, 0) is 55.7 Å². The van der Waals surface area contributed by atoms with E-state index in [1.54, 1.807) is 24.3 Å². The van der Waals surface area contributed by atoms with Gasteiger partial charge in [0.1, 0.15) is 5.75 Å². The Balaban J connectivity index is 1.59. The Labute approximate surface area is 166 Å². The van der Waals surface area contributed by atoms with Gasteiger partial charge >= 0.3 is 0 Å². The molecule has 28 heavy (non-hydrogen) atoms. The number of hydrogen-bond donors (Lipinski definition) is 1. The van der Waals surface area contributed by atoms with E-state index in [0.29, 0.717) is 11.4 Å². The van der Waals surface area contributed by atoms with Crippen LogP contribution in [0.2, 0.25) is 0 Å². The molecule has 1 aliphatic rings. The van der Waals surface area contributed by atoms with Crippen LogP contribution in [0.25, 0.3) is 0 Å². The molecule has 6 nitrogen and oxygen atoms in total. The summed E-state index contributed by atoms with van der Waals surface area (Å²) in [4.78, 5) is 14.3. The minimum atomic E-state index is -3.69. The molecule has 0 atom stereocenters. The highest BCUT2D eigenvalue weighted by molar-refractivity contribution is 7.92. The molecule has 150 valence electrons. The van der Waals surface area contributed by atoms with Crippen molar-refractivity contribution in [3.63, 3.8) is 0 Å². The van der Waals surface area contributed by atoms with Crippen LogP contribution in [-0.2, 0) is 14.8 Å². The quantitative estimate of drug-likeness (QED) is 0.801. The van der Waals surface area contributed by atoms with Gasteiger partial charge in [0.05, 0.1) is 10.6 Å². The van der Waals surface area contributed by atoms with Gasteiger partial charge in [0.25, 0.3) is 15.9 Å². The number of aryl methyl sites for hydroxylation is 1. The molecule has 0 radical (unpaired) electrons. The van der Waals surface area contributed by atoms with Crippen LogP contribution >= 0.6 is 0 Å². The molecule has 0 aromatic heterocycles. The molecule has 1 N–H and O–H groups in total. The fourth-order valence-electron chi connectivity index (χ4n) is 3.16. The van der Waals surface area contributed by atoms with E-state index in [9.17, 15) is 13.2 Å². The number of benzene rings is 2. The predicted octanol–water partition coefficient (Wildman–Crippen LogP) is 3.58. The Hall–Kier alpha value is -2.54. The third-order valence-electron chi connectivity index (χ3n) is 4.84. The number of carbonyl (C=O) groups excluding carboxylic acids is 1. The number of ether oxygens (including phenoxy) is 1. The Morgan fingerprint density at radius 1 is 1.00 bits per heavy atom. The van der Waals surface area contributed by atoms with Crippen LogP contribution in [0.5, 0.6) is 5.75 Å². The van der Waals surface area contributed by atoms with Crippen molar-refractivity contribution in [1.29, 1.82) is 0 Å². The lowest BCUT2D eigenvalue weighted by molar-refractivity contribution is -0.133. The number of nitrogens with one attached hydrogen (secondary N) is 1. The second kappa shape index (κ2) is 9.10. The fraction of sp³-hybridized carbons (Fsp3) is 0.381. The molecule has 1 heterocycles. The minimum absolute atomic E-state index is 0.0279. The van der Waals surface area contributed by atoms with Gasteiger partial charge in [-0.1, -0.05) is 31.0 Å². The lowest BCUT2D eigenvalue weighted by atomic mass is 10.2. The number of nitrogens with zero attached hydrogens (tertiary/aromatic N) is 1. The van der Waals surface area contributed by atoms with Gasteiger partial charge in [0, 0.05) is 13.1 Å². The molecule has 2 aromatic rings. The first-order valence-corrected chi connectivity index (χ1v) is 11.0. The van der Waals surface area contributed by atoms with Crippen LogP contribution in [0, 0.1) is 6.92 Å². The maximum atomic E-state index is 12.6. The van der Waals surface area contributed by atoms with E-state index in [-0.39, 0.29) is 17.4 Å². The number of amides is 1. The predicted molar refractivity (Wildman–Crippen MR) is 109 cm³/mol. The summed E-state index contributed by atoms with van der Waals surface area (Å²) in [5, 5.41) is 0. The fourth-order valence-corrected chi connectivity index (χ4v) is 4.29. The Morgan fingerprint density at radius 2 is 1.64 bits per heavy atom. The van der Waals surface area contributed by atoms with Gasteiger partial charge in [-0.15, -0.1) is 0 Å². The number of carbonyl (C=O) groups is 1. The molecule has 2 aromatic carbocycles. The maximum absolute atomic E-state index is 12.6. The Bertz CT molecular complexity index is 902. The summed E-state index contributed by atoms with van der Waals surface area (Å²) in [6.45, 7) is 3.37. The lowest BCUT2D eigenvalue weighted by Crippen LogP contribution is -2.35. The monoisotopic (exact) mass is 402 g/mol. The van der Waals surface area contributed by atoms with Gasteiger partial charge in [-0.3, -0.25) is 9.52 Å². The average molecular weight is 403 g/mol. The van der Waals surface area contributed by atoms with Crippen molar-refractivity contribution in [3.05, 3.63) is 54.1 Å². The first-order valence-electron chi connectivity index (χ1n) is 9.55. The number of para-hydroxylation sites is 1. The number of sulfonamides is 1. The topological polar surface area (TPSA) is 75.7 Å². The number of rotatable bonds is 6. The molecule has 0 bridgehead atoms. The van der Waals surface area contributed by atoms with E-state index in [0.717, 1.165) is 44.3 Å². The highest BCUT2D eigenvalue weighted by Crippen LogP contribution is 2.21. The number of hydrogen-bond acceptors (Lipinski definition) is 4. The first kappa shape index (κ1) is 20.2. The second-order valence-electron chi connectivity index (χ2n) is 6.98. The molecular formula is C21H26N2O4S. The smallest absolute Gasteiger partial charge is 0.261 e. The molecule has 7 heteroatoms. The summed E-state index contributed by atoms with van der Waals surface area (Å²) < 4.78 is 33.3. The largest absolute Gasteiger partial charge is 0.484 e. The molecule has 1 aliphatic heterocycles. The van der Waals surface area contributed by atoms with E-state index in [4.69, 9.17) is 4.74 Å². The number of anilines is 1. The molecule has 0 aliphatic carbocycles. The third-order valence-corrected chi connectivity index (χ3v) is 6.23. The van der Waals surface area contributed by atoms with Crippen LogP contribution in [0.1, 0.15) is 31.2 Å². The van der Waals surface area contributed by atoms with Crippen molar-refractivity contribution < 1.29 is 17.9 Å². The highest BCUT2D eigenvalue weighted by atomic mass is 32.2. The molecule has 3 rings (SSSR count). The molecule has 1 amide bonds. The van der Waals surface area contributed by atoms with Gasteiger partial charge in [0.15, 0.2) is 6.61 Å². The number of likely N-dealkylation sites (tertiary alicyclic amines) is 1. The second-order valence-corrected chi connectivity index (χ2v) is 8.66.